The van der Waals surface area contributed by atoms with Gasteiger partial charge in [0.25, 0.3) is 0 Å². The Morgan fingerprint density at radius 2 is 1.74 bits per heavy atom. The number of ether oxygens (including phenoxy) is 1. The molecule has 0 unspecified atom stereocenters. The highest BCUT2D eigenvalue weighted by molar-refractivity contribution is 5.90. The van der Waals surface area contributed by atoms with Gasteiger partial charge in [0, 0.05) is 30.1 Å². The highest BCUT2D eigenvalue weighted by Gasteiger charge is 2.41. The van der Waals surface area contributed by atoms with E-state index in [1.165, 1.54) is 0 Å². The molecule has 1 aliphatic rings. The van der Waals surface area contributed by atoms with Crippen LogP contribution in [-0.2, 0) is 17.3 Å². The zero-order valence-corrected chi connectivity index (χ0v) is 22.5. The van der Waals surface area contributed by atoms with Crippen LogP contribution < -0.4 is 5.32 Å². The lowest BCUT2D eigenvalue weighted by Crippen LogP contribution is -2.52. The van der Waals surface area contributed by atoms with Gasteiger partial charge in [0.1, 0.15) is 29.0 Å². The molecule has 5 aromatic rings. The van der Waals surface area contributed by atoms with Gasteiger partial charge in [-0.15, -0.1) is 0 Å². The number of nitrogens with zero attached hydrogens (tertiary/aromatic N) is 6. The first-order chi connectivity index (χ1) is 18.7. The van der Waals surface area contributed by atoms with E-state index in [-0.39, 0.29) is 0 Å². The number of fused-ring (bicyclic) bond motifs is 1. The first-order valence-electron chi connectivity index (χ1n) is 13.1. The van der Waals surface area contributed by atoms with Crippen LogP contribution in [-0.4, -0.2) is 41.0 Å². The molecule has 39 heavy (non-hydrogen) atoms. The number of amides is 1. The summed E-state index contributed by atoms with van der Waals surface area (Å²) in [5.41, 5.74) is 5.00. The summed E-state index contributed by atoms with van der Waals surface area (Å²) < 4.78 is 9.36. The number of hydrogen-bond acceptors (Lipinski definition) is 6. The van der Waals surface area contributed by atoms with E-state index >= 15 is 0 Å². The Morgan fingerprint density at radius 3 is 2.36 bits per heavy atom. The molecule has 6 rings (SSSR count). The lowest BCUT2D eigenvalue weighted by Gasteiger charge is -2.43. The lowest BCUT2D eigenvalue weighted by molar-refractivity contribution is 0.0377. The Labute approximate surface area is 226 Å². The highest BCUT2D eigenvalue weighted by atomic mass is 16.6. The minimum Gasteiger partial charge on any atom is -0.444 e. The second-order valence-corrected chi connectivity index (χ2v) is 11.0. The number of nitrogens with one attached hydrogen (secondary N) is 1. The first-order valence-corrected chi connectivity index (χ1v) is 13.1. The van der Waals surface area contributed by atoms with Gasteiger partial charge in [-0.05, 0) is 57.7 Å². The van der Waals surface area contributed by atoms with E-state index < -0.39 is 17.2 Å². The molecule has 3 aromatic heterocycles. The second-order valence-electron chi connectivity index (χ2n) is 11.0. The van der Waals surface area contributed by atoms with Crippen LogP contribution in [0.4, 0.5) is 4.79 Å². The zero-order valence-electron chi connectivity index (χ0n) is 22.5. The minimum atomic E-state index is -0.550. The molecular formula is C30H31N7O2. The molecule has 1 fully saturated rings. The van der Waals surface area contributed by atoms with Crippen molar-refractivity contribution in [1.29, 1.82) is 0 Å². The summed E-state index contributed by atoms with van der Waals surface area (Å²) in [6.45, 7) is 5.62. The third-order valence-corrected chi connectivity index (χ3v) is 7.08. The maximum absolute atomic E-state index is 12.6. The predicted molar refractivity (Wildman–Crippen MR) is 149 cm³/mol. The van der Waals surface area contributed by atoms with E-state index in [1.807, 2.05) is 64.3 Å². The number of rotatable bonds is 5. The van der Waals surface area contributed by atoms with Crippen LogP contribution in [0.25, 0.3) is 39.5 Å². The highest BCUT2D eigenvalue weighted by Crippen LogP contribution is 2.42. The van der Waals surface area contributed by atoms with Gasteiger partial charge in [0.2, 0.25) is 0 Å². The molecule has 1 saturated carbocycles. The molecular weight excluding hydrogens is 490 g/mol. The van der Waals surface area contributed by atoms with Crippen LogP contribution >= 0.6 is 0 Å². The van der Waals surface area contributed by atoms with Gasteiger partial charge >= 0.3 is 6.09 Å². The Balaban J connectivity index is 1.43. The van der Waals surface area contributed by atoms with E-state index in [1.54, 1.807) is 17.2 Å². The average molecular weight is 522 g/mol. The number of aryl methyl sites for hydroxylation is 1. The summed E-state index contributed by atoms with van der Waals surface area (Å²) in [6.07, 6.45) is 7.68. The summed E-state index contributed by atoms with van der Waals surface area (Å²) in [5.74, 6) is 0.772. The summed E-state index contributed by atoms with van der Waals surface area (Å²) >= 11 is 0. The van der Waals surface area contributed by atoms with Crippen LogP contribution in [0.5, 0.6) is 0 Å². The molecule has 0 bridgehead atoms. The normalized spacial score (nSPS) is 14.7. The van der Waals surface area contributed by atoms with Crippen molar-refractivity contribution >= 4 is 17.3 Å². The van der Waals surface area contributed by atoms with Crippen molar-refractivity contribution in [2.75, 3.05) is 0 Å². The molecule has 9 nitrogen and oxygen atoms in total. The number of hydrogen-bond donors (Lipinski definition) is 1. The number of carbonyl (C=O) groups is 1. The standard InChI is InChI=1S/C30H31N7O2/c1-29(2,3)39-28(38)35-30(15-8-16-30)22-11-13-23(14-12-22)37-26(20-9-6-5-7-10-20)34-25-24(31-19-32-27(25)37)21-17-33-36(4)18-21/h5-7,9-14,17-19H,8,15-16H2,1-4H3,(H,35,38). The maximum atomic E-state index is 12.6. The van der Waals surface area contributed by atoms with E-state index in [4.69, 9.17) is 9.72 Å². The smallest absolute Gasteiger partial charge is 0.408 e. The molecule has 0 saturated heterocycles. The zero-order chi connectivity index (χ0) is 27.2. The molecule has 9 heteroatoms. The summed E-state index contributed by atoms with van der Waals surface area (Å²) in [7, 11) is 1.88. The second kappa shape index (κ2) is 9.34. The van der Waals surface area contributed by atoms with Crippen molar-refractivity contribution in [3.63, 3.8) is 0 Å². The molecule has 198 valence electrons. The van der Waals surface area contributed by atoms with E-state index in [9.17, 15) is 4.79 Å². The minimum absolute atomic E-state index is 0.391. The summed E-state index contributed by atoms with van der Waals surface area (Å²) in [6, 6.07) is 18.3. The van der Waals surface area contributed by atoms with Crippen LogP contribution in [0.2, 0.25) is 0 Å². The SMILES string of the molecule is Cn1cc(-c2ncnc3c2nc(-c2ccccc2)n3-c2ccc(C3(NC(=O)OC(C)(C)C)CCC3)cc2)cn1. The average Bonchev–Trinajstić information content (AvgIpc) is 3.49. The molecule has 0 spiro atoms. The molecule has 0 aliphatic heterocycles. The van der Waals surface area contributed by atoms with Crippen molar-refractivity contribution in [2.45, 2.75) is 51.2 Å². The molecule has 0 radical (unpaired) electrons. The van der Waals surface area contributed by atoms with Gasteiger partial charge in [-0.1, -0.05) is 42.5 Å². The summed E-state index contributed by atoms with van der Waals surface area (Å²) in [4.78, 5) is 26.9. The molecule has 1 N–H and O–H groups in total. The molecule has 0 atom stereocenters. The third kappa shape index (κ3) is 4.65. The van der Waals surface area contributed by atoms with E-state index in [0.717, 1.165) is 53.2 Å². The molecule has 1 aliphatic carbocycles. The van der Waals surface area contributed by atoms with Crippen LogP contribution in [0.15, 0.2) is 73.3 Å². The number of benzene rings is 2. The third-order valence-electron chi connectivity index (χ3n) is 7.08. The number of imidazole rings is 1. The topological polar surface area (TPSA) is 99.8 Å². The lowest BCUT2D eigenvalue weighted by atomic mass is 9.72. The Kier molecular flexibility index (Phi) is 5.94. The van der Waals surface area contributed by atoms with Gasteiger partial charge in [0.05, 0.1) is 11.7 Å². The predicted octanol–water partition coefficient (Wildman–Crippen LogP) is 5.79. The fourth-order valence-electron chi connectivity index (χ4n) is 5.12. The quantitative estimate of drug-likeness (QED) is 0.314. The van der Waals surface area contributed by atoms with Crippen molar-refractivity contribution in [1.82, 2.24) is 34.6 Å². The Hall–Kier alpha value is -4.53. The first kappa shape index (κ1) is 24.8. The van der Waals surface area contributed by atoms with Crippen LogP contribution in [0.1, 0.15) is 45.6 Å². The largest absolute Gasteiger partial charge is 0.444 e. The molecule has 2 aromatic carbocycles. The fourth-order valence-corrected chi connectivity index (χ4v) is 5.12. The molecule has 3 heterocycles. The van der Waals surface area contributed by atoms with E-state index in [0.29, 0.717) is 11.2 Å². The number of alkyl carbamates (subject to hydrolysis) is 1. The van der Waals surface area contributed by atoms with Gasteiger partial charge in [-0.25, -0.2) is 19.7 Å². The van der Waals surface area contributed by atoms with Crippen molar-refractivity contribution in [3.05, 3.63) is 78.9 Å². The van der Waals surface area contributed by atoms with Crippen LogP contribution in [0.3, 0.4) is 0 Å². The monoisotopic (exact) mass is 521 g/mol. The molecule has 1 amide bonds. The van der Waals surface area contributed by atoms with Gasteiger partial charge in [0.15, 0.2) is 5.65 Å². The van der Waals surface area contributed by atoms with Crippen molar-refractivity contribution < 1.29 is 9.53 Å². The van der Waals surface area contributed by atoms with Crippen LogP contribution in [0, 0.1) is 0 Å². The van der Waals surface area contributed by atoms with E-state index in [2.05, 4.69) is 49.2 Å². The van der Waals surface area contributed by atoms with Gasteiger partial charge < -0.3 is 10.1 Å². The van der Waals surface area contributed by atoms with Crippen molar-refractivity contribution in [3.8, 4) is 28.3 Å². The maximum Gasteiger partial charge on any atom is 0.408 e. The number of aromatic nitrogens is 6. The Bertz CT molecular complexity index is 1640. The fraction of sp³-hybridized carbons (Fsp3) is 0.300. The number of carbonyl (C=O) groups excluding carboxylic acids is 1. The van der Waals surface area contributed by atoms with Crippen molar-refractivity contribution in [2.24, 2.45) is 7.05 Å². The van der Waals surface area contributed by atoms with Gasteiger partial charge in [-0.3, -0.25) is 9.25 Å². The van der Waals surface area contributed by atoms with Gasteiger partial charge in [-0.2, -0.15) is 5.10 Å². The Morgan fingerprint density at radius 1 is 1.00 bits per heavy atom. The summed E-state index contributed by atoms with van der Waals surface area (Å²) in [5, 5.41) is 7.46.